The SMILES string of the molecule is CS(=O)(=O)c1cc(N)c(OC(F)(F)F)cc1Br. The van der Waals surface area contributed by atoms with Crippen LogP contribution in [0.5, 0.6) is 5.75 Å². The van der Waals surface area contributed by atoms with Gasteiger partial charge in [0.05, 0.1) is 10.6 Å². The van der Waals surface area contributed by atoms with Gasteiger partial charge in [-0.2, -0.15) is 0 Å². The number of sulfone groups is 1. The van der Waals surface area contributed by atoms with E-state index in [2.05, 4.69) is 20.7 Å². The number of halogens is 4. The van der Waals surface area contributed by atoms with E-state index in [-0.39, 0.29) is 9.37 Å². The lowest BCUT2D eigenvalue weighted by molar-refractivity contribution is -0.274. The van der Waals surface area contributed by atoms with Gasteiger partial charge in [0.25, 0.3) is 0 Å². The number of nitrogens with two attached hydrogens (primary N) is 1. The lowest BCUT2D eigenvalue weighted by Crippen LogP contribution is -2.18. The highest BCUT2D eigenvalue weighted by Crippen LogP contribution is 2.35. The van der Waals surface area contributed by atoms with E-state index in [0.29, 0.717) is 0 Å². The van der Waals surface area contributed by atoms with Crippen LogP contribution in [0.25, 0.3) is 0 Å². The molecule has 0 aliphatic rings. The molecule has 0 spiro atoms. The lowest BCUT2D eigenvalue weighted by Gasteiger charge is -2.13. The molecule has 0 aliphatic carbocycles. The summed E-state index contributed by atoms with van der Waals surface area (Å²) in [6, 6.07) is 1.76. The normalized spacial score (nSPS) is 12.5. The van der Waals surface area contributed by atoms with Crippen LogP contribution >= 0.6 is 15.9 Å². The minimum atomic E-state index is -4.89. The standard InChI is InChI=1S/C8H7BrF3NO3S/c1-17(14,15)7-3-5(13)6(2-4(7)9)16-8(10,11)12/h2-3H,13H2,1H3. The van der Waals surface area contributed by atoms with Crippen molar-refractivity contribution in [1.82, 2.24) is 0 Å². The molecule has 9 heteroatoms. The van der Waals surface area contributed by atoms with E-state index in [1.807, 2.05) is 0 Å². The first kappa shape index (κ1) is 14.1. The molecule has 1 aromatic carbocycles. The molecule has 0 bridgehead atoms. The quantitative estimate of drug-likeness (QED) is 0.843. The van der Waals surface area contributed by atoms with Gasteiger partial charge in [-0.1, -0.05) is 0 Å². The fourth-order valence-corrected chi connectivity index (χ4v) is 3.01. The third kappa shape index (κ3) is 3.77. The summed E-state index contributed by atoms with van der Waals surface area (Å²) in [5.41, 5.74) is 4.87. The monoisotopic (exact) mass is 333 g/mol. The minimum Gasteiger partial charge on any atom is -0.404 e. The summed E-state index contributed by atoms with van der Waals surface area (Å²) in [6.45, 7) is 0. The fraction of sp³-hybridized carbons (Fsp3) is 0.250. The van der Waals surface area contributed by atoms with Crippen molar-refractivity contribution >= 4 is 31.5 Å². The number of hydrogen-bond donors (Lipinski definition) is 1. The fourth-order valence-electron chi connectivity index (χ4n) is 1.05. The molecule has 0 saturated carbocycles. The average Bonchev–Trinajstić information content (AvgIpc) is 2.06. The Balaban J connectivity index is 3.29. The molecule has 0 fully saturated rings. The predicted octanol–water partition coefficient (Wildman–Crippen LogP) is 2.33. The minimum absolute atomic E-state index is 0.0477. The van der Waals surface area contributed by atoms with Crippen molar-refractivity contribution < 1.29 is 26.3 Å². The zero-order valence-corrected chi connectivity index (χ0v) is 10.8. The lowest BCUT2D eigenvalue weighted by atomic mass is 10.3. The summed E-state index contributed by atoms with van der Waals surface area (Å²) in [7, 11) is -3.58. The summed E-state index contributed by atoms with van der Waals surface area (Å²) in [5.74, 6) is -0.656. The molecule has 1 aromatic rings. The molecule has 0 aromatic heterocycles. The number of rotatable bonds is 2. The smallest absolute Gasteiger partial charge is 0.404 e. The molecule has 0 unspecified atom stereocenters. The molecular formula is C8H7BrF3NO3S. The number of hydrogen-bond acceptors (Lipinski definition) is 4. The van der Waals surface area contributed by atoms with Gasteiger partial charge in [0.2, 0.25) is 0 Å². The summed E-state index contributed by atoms with van der Waals surface area (Å²) in [5, 5.41) is 0. The summed E-state index contributed by atoms with van der Waals surface area (Å²) >= 11 is 2.84. The molecule has 2 N–H and O–H groups in total. The Hall–Kier alpha value is -0.960. The number of anilines is 1. The Morgan fingerprint density at radius 1 is 1.35 bits per heavy atom. The highest BCUT2D eigenvalue weighted by atomic mass is 79.9. The molecule has 0 amide bonds. The zero-order chi connectivity index (χ0) is 13.4. The summed E-state index contributed by atoms with van der Waals surface area (Å²) in [4.78, 5) is -0.204. The molecule has 4 nitrogen and oxygen atoms in total. The Kier molecular flexibility index (Phi) is 3.63. The second-order valence-electron chi connectivity index (χ2n) is 3.14. The first-order valence-corrected chi connectivity index (χ1v) is 6.74. The Bertz CT molecular complexity index is 542. The van der Waals surface area contributed by atoms with Gasteiger partial charge in [-0.25, -0.2) is 8.42 Å². The molecule has 0 radical (unpaired) electrons. The molecule has 0 atom stereocenters. The van der Waals surface area contributed by atoms with Crippen LogP contribution in [0.3, 0.4) is 0 Å². The van der Waals surface area contributed by atoms with Gasteiger partial charge in [0.15, 0.2) is 15.6 Å². The Labute approximate surface area is 104 Å². The topological polar surface area (TPSA) is 69.4 Å². The maximum Gasteiger partial charge on any atom is 0.573 e. The van der Waals surface area contributed by atoms with Gasteiger partial charge in [-0.05, 0) is 28.1 Å². The van der Waals surface area contributed by atoms with E-state index in [1.165, 1.54) is 0 Å². The predicted molar refractivity (Wildman–Crippen MR) is 58.3 cm³/mol. The van der Waals surface area contributed by atoms with Crippen LogP contribution in [0.4, 0.5) is 18.9 Å². The van der Waals surface area contributed by atoms with Crippen LogP contribution in [-0.2, 0) is 9.84 Å². The number of benzene rings is 1. The van der Waals surface area contributed by atoms with Crippen LogP contribution in [-0.4, -0.2) is 21.0 Å². The largest absolute Gasteiger partial charge is 0.573 e. The molecule has 0 aliphatic heterocycles. The number of ether oxygens (including phenoxy) is 1. The number of alkyl halides is 3. The van der Waals surface area contributed by atoms with Gasteiger partial charge >= 0.3 is 6.36 Å². The van der Waals surface area contributed by atoms with E-state index in [9.17, 15) is 21.6 Å². The highest BCUT2D eigenvalue weighted by molar-refractivity contribution is 9.10. The van der Waals surface area contributed by atoms with Gasteiger partial charge in [-0.15, -0.1) is 13.2 Å². The van der Waals surface area contributed by atoms with E-state index >= 15 is 0 Å². The van der Waals surface area contributed by atoms with Gasteiger partial charge in [-0.3, -0.25) is 0 Å². The molecular weight excluding hydrogens is 327 g/mol. The maximum atomic E-state index is 12.0. The van der Waals surface area contributed by atoms with Crippen molar-refractivity contribution in [1.29, 1.82) is 0 Å². The van der Waals surface area contributed by atoms with Crippen LogP contribution in [0.15, 0.2) is 21.5 Å². The third-order valence-corrected chi connectivity index (χ3v) is 3.74. The van der Waals surface area contributed by atoms with Crippen molar-refractivity contribution in [3.05, 3.63) is 16.6 Å². The van der Waals surface area contributed by atoms with Gasteiger partial charge in [0, 0.05) is 10.7 Å². The summed E-state index contributed by atoms with van der Waals surface area (Å²) < 4.78 is 62.0. The van der Waals surface area contributed by atoms with Crippen LogP contribution in [0.1, 0.15) is 0 Å². The molecule has 0 saturated heterocycles. The second-order valence-corrected chi connectivity index (χ2v) is 5.98. The van der Waals surface area contributed by atoms with Crippen LogP contribution in [0.2, 0.25) is 0 Å². The first-order chi connectivity index (χ1) is 7.50. The summed E-state index contributed by atoms with van der Waals surface area (Å²) in [6.07, 6.45) is -3.98. The molecule has 96 valence electrons. The highest BCUT2D eigenvalue weighted by Gasteiger charge is 2.32. The maximum absolute atomic E-state index is 12.0. The Morgan fingerprint density at radius 3 is 2.29 bits per heavy atom. The third-order valence-electron chi connectivity index (χ3n) is 1.69. The van der Waals surface area contributed by atoms with Crippen molar-refractivity contribution in [3.63, 3.8) is 0 Å². The van der Waals surface area contributed by atoms with E-state index in [4.69, 9.17) is 5.73 Å². The van der Waals surface area contributed by atoms with E-state index < -0.39 is 27.6 Å². The van der Waals surface area contributed by atoms with Crippen molar-refractivity contribution in [3.8, 4) is 5.75 Å². The van der Waals surface area contributed by atoms with Crippen molar-refractivity contribution in [2.45, 2.75) is 11.3 Å². The van der Waals surface area contributed by atoms with Crippen LogP contribution in [0, 0.1) is 0 Å². The average molecular weight is 334 g/mol. The molecule has 1 rings (SSSR count). The zero-order valence-electron chi connectivity index (χ0n) is 8.38. The van der Waals surface area contributed by atoms with E-state index in [0.717, 1.165) is 18.4 Å². The first-order valence-electron chi connectivity index (χ1n) is 4.05. The Morgan fingerprint density at radius 2 is 1.88 bits per heavy atom. The molecule has 17 heavy (non-hydrogen) atoms. The van der Waals surface area contributed by atoms with Crippen LogP contribution < -0.4 is 10.5 Å². The molecule has 0 heterocycles. The van der Waals surface area contributed by atoms with Gasteiger partial charge < -0.3 is 10.5 Å². The van der Waals surface area contributed by atoms with Crippen molar-refractivity contribution in [2.24, 2.45) is 0 Å². The van der Waals surface area contributed by atoms with Gasteiger partial charge in [0.1, 0.15) is 0 Å². The number of nitrogen functional groups attached to an aromatic ring is 1. The van der Waals surface area contributed by atoms with E-state index in [1.54, 1.807) is 0 Å². The van der Waals surface area contributed by atoms with Crippen molar-refractivity contribution in [2.75, 3.05) is 12.0 Å². The second kappa shape index (κ2) is 4.37.